The van der Waals surface area contributed by atoms with Crippen LogP contribution in [0.2, 0.25) is 0 Å². The van der Waals surface area contributed by atoms with E-state index in [-0.39, 0.29) is 19.4 Å². The summed E-state index contributed by atoms with van der Waals surface area (Å²) in [6.07, 6.45) is 60.9. The Morgan fingerprint density at radius 2 is 0.879 bits per heavy atom. The van der Waals surface area contributed by atoms with Gasteiger partial charge in [0.2, 0.25) is 0 Å². The minimum Gasteiger partial charge on any atom is -0.480 e. The van der Waals surface area contributed by atoms with Crippen LogP contribution in [0.5, 0.6) is 0 Å². The Morgan fingerprint density at radius 1 is 0.485 bits per heavy atom. The number of aliphatic carboxylic acids is 1. The fourth-order valence-electron chi connectivity index (χ4n) is 6.64. The van der Waals surface area contributed by atoms with Crippen molar-refractivity contribution in [1.29, 1.82) is 0 Å². The van der Waals surface area contributed by atoms with Gasteiger partial charge in [0.05, 0.1) is 13.2 Å². The highest BCUT2D eigenvalue weighted by Gasteiger charge is 2.28. The van der Waals surface area contributed by atoms with E-state index < -0.39 is 51.1 Å². The van der Waals surface area contributed by atoms with Gasteiger partial charge in [-0.2, -0.15) is 0 Å². The first-order valence-corrected chi connectivity index (χ1v) is 27.1. The molecule has 0 aliphatic rings. The van der Waals surface area contributed by atoms with Crippen molar-refractivity contribution in [2.75, 3.05) is 19.8 Å². The van der Waals surface area contributed by atoms with E-state index in [1.165, 1.54) is 89.9 Å². The number of rotatable bonds is 47. The molecule has 0 spiro atoms. The molecule has 0 aromatic rings. The van der Waals surface area contributed by atoms with E-state index in [1.54, 1.807) is 0 Å². The van der Waals surface area contributed by atoms with Gasteiger partial charge in [0.25, 0.3) is 0 Å². The molecule has 11 nitrogen and oxygen atoms in total. The molecule has 3 atom stereocenters. The summed E-state index contributed by atoms with van der Waals surface area (Å²) in [5, 5.41) is 8.92. The maximum absolute atomic E-state index is 12.7. The number of nitrogens with two attached hydrogens (primary N) is 1. The normalized spacial score (nSPS) is 14.2. The van der Waals surface area contributed by atoms with Crippen LogP contribution in [0.3, 0.4) is 0 Å². The summed E-state index contributed by atoms with van der Waals surface area (Å²) in [4.78, 5) is 46.1. The smallest absolute Gasteiger partial charge is 0.472 e. The third kappa shape index (κ3) is 47.2. The first-order valence-electron chi connectivity index (χ1n) is 25.6. The number of phosphoric acid groups is 1. The van der Waals surface area contributed by atoms with Gasteiger partial charge in [0, 0.05) is 12.8 Å². The molecular weight excluding hydrogens is 854 g/mol. The van der Waals surface area contributed by atoms with E-state index in [0.717, 1.165) is 70.6 Å². The molecule has 0 aliphatic heterocycles. The zero-order valence-electron chi connectivity index (χ0n) is 41.3. The lowest BCUT2D eigenvalue weighted by Crippen LogP contribution is -2.34. The molecule has 1 unspecified atom stereocenters. The van der Waals surface area contributed by atoms with Gasteiger partial charge in [-0.3, -0.25) is 23.4 Å². The monoisotopic (exact) mass is 946 g/mol. The van der Waals surface area contributed by atoms with E-state index in [1.807, 2.05) is 6.08 Å². The summed E-state index contributed by atoms with van der Waals surface area (Å²) in [7, 11) is -4.75. The van der Waals surface area contributed by atoms with Crippen molar-refractivity contribution in [2.45, 2.75) is 219 Å². The average molecular weight is 946 g/mol. The minimum absolute atomic E-state index is 0.0898. The van der Waals surface area contributed by atoms with Crippen molar-refractivity contribution in [3.8, 4) is 0 Å². The quantitative estimate of drug-likeness (QED) is 0.0229. The van der Waals surface area contributed by atoms with Crippen LogP contribution in [0.15, 0.2) is 85.1 Å². The molecule has 66 heavy (non-hydrogen) atoms. The zero-order valence-corrected chi connectivity index (χ0v) is 42.2. The lowest BCUT2D eigenvalue weighted by molar-refractivity contribution is -0.161. The van der Waals surface area contributed by atoms with Gasteiger partial charge in [-0.05, 0) is 89.9 Å². The van der Waals surface area contributed by atoms with E-state index in [2.05, 4.69) is 97.4 Å². The van der Waals surface area contributed by atoms with E-state index in [4.69, 9.17) is 24.8 Å². The van der Waals surface area contributed by atoms with Gasteiger partial charge in [-0.25, -0.2) is 4.57 Å². The highest BCUT2D eigenvalue weighted by atomic mass is 31.2. The van der Waals surface area contributed by atoms with Crippen molar-refractivity contribution in [3.63, 3.8) is 0 Å². The molecule has 0 radical (unpaired) electrons. The Kier molecular flexibility index (Phi) is 45.7. The van der Waals surface area contributed by atoms with Gasteiger partial charge < -0.3 is 25.2 Å². The second-order valence-electron chi connectivity index (χ2n) is 16.9. The lowest BCUT2D eigenvalue weighted by Gasteiger charge is -2.20. The average Bonchev–Trinajstić information content (AvgIpc) is 3.30. The molecule has 378 valence electrons. The third-order valence-corrected chi connectivity index (χ3v) is 11.6. The van der Waals surface area contributed by atoms with Crippen LogP contribution in [0.4, 0.5) is 0 Å². The molecule has 0 heterocycles. The van der Waals surface area contributed by atoms with E-state index in [9.17, 15) is 23.8 Å². The Labute approximate surface area is 401 Å². The molecule has 12 heteroatoms. The van der Waals surface area contributed by atoms with Crippen LogP contribution in [0.25, 0.3) is 0 Å². The Hall–Kier alpha value is -3.34. The first-order chi connectivity index (χ1) is 32.1. The van der Waals surface area contributed by atoms with Gasteiger partial charge in [0.15, 0.2) is 6.10 Å². The summed E-state index contributed by atoms with van der Waals surface area (Å²) in [6.45, 7) is 2.64. The predicted molar refractivity (Wildman–Crippen MR) is 272 cm³/mol. The van der Waals surface area contributed by atoms with Crippen LogP contribution in [0.1, 0.15) is 206 Å². The lowest BCUT2D eigenvalue weighted by atomic mass is 10.0. The molecular formula is C54H92NO10P. The fourth-order valence-corrected chi connectivity index (χ4v) is 7.42. The Morgan fingerprint density at radius 3 is 1.38 bits per heavy atom. The summed E-state index contributed by atoms with van der Waals surface area (Å²) in [5.74, 6) is -2.48. The molecule has 0 bridgehead atoms. The topological polar surface area (TPSA) is 172 Å². The van der Waals surface area contributed by atoms with Crippen LogP contribution >= 0.6 is 7.82 Å². The largest absolute Gasteiger partial charge is 0.480 e. The second-order valence-corrected chi connectivity index (χ2v) is 18.4. The van der Waals surface area contributed by atoms with Crippen molar-refractivity contribution < 1.29 is 47.5 Å². The molecule has 0 aliphatic carbocycles. The number of carbonyl (C=O) groups excluding carboxylic acids is 2. The van der Waals surface area contributed by atoms with Gasteiger partial charge in [-0.1, -0.05) is 189 Å². The molecule has 0 saturated heterocycles. The SMILES string of the molecule is CC/C=C/C/C=C/C/C=C/C/C=C/C/C=C/CCCCCC(=O)OC[C@H](COP(=O)(O)OC[C@H](N)C(=O)O)OC(=O)CCC/C=C/CC/C=C/CCCCCCCCCCCCCCCC. The van der Waals surface area contributed by atoms with Crippen LogP contribution < -0.4 is 5.73 Å². The van der Waals surface area contributed by atoms with Crippen LogP contribution in [-0.2, 0) is 37.5 Å². The number of carboxylic acid groups (broad SMARTS) is 1. The first kappa shape index (κ1) is 62.7. The predicted octanol–water partition coefficient (Wildman–Crippen LogP) is 14.6. The number of hydrogen-bond donors (Lipinski definition) is 3. The Bertz CT molecular complexity index is 1440. The van der Waals surface area contributed by atoms with Gasteiger partial charge in [0.1, 0.15) is 12.6 Å². The molecule has 0 amide bonds. The van der Waals surface area contributed by atoms with Gasteiger partial charge in [-0.15, -0.1) is 0 Å². The number of allylic oxidation sites excluding steroid dienone is 14. The molecule has 4 N–H and O–H groups in total. The molecule has 0 aromatic carbocycles. The number of hydrogen-bond acceptors (Lipinski definition) is 9. The minimum atomic E-state index is -4.75. The molecule has 0 saturated carbocycles. The fraction of sp³-hybridized carbons (Fsp3) is 0.685. The van der Waals surface area contributed by atoms with Crippen molar-refractivity contribution in [2.24, 2.45) is 5.73 Å². The number of phosphoric ester groups is 1. The summed E-state index contributed by atoms with van der Waals surface area (Å²) < 4.78 is 32.8. The zero-order chi connectivity index (χ0) is 48.4. The highest BCUT2D eigenvalue weighted by Crippen LogP contribution is 2.43. The second kappa shape index (κ2) is 48.1. The Balaban J connectivity index is 4.37. The number of carboxylic acids is 1. The van der Waals surface area contributed by atoms with Crippen LogP contribution in [0, 0.1) is 0 Å². The molecule has 0 fully saturated rings. The number of ether oxygens (including phenoxy) is 2. The maximum atomic E-state index is 12.7. The van der Waals surface area contributed by atoms with Crippen molar-refractivity contribution in [1.82, 2.24) is 0 Å². The van der Waals surface area contributed by atoms with Crippen LogP contribution in [-0.4, -0.2) is 59.9 Å². The summed E-state index contributed by atoms with van der Waals surface area (Å²) in [6, 6.07) is -1.54. The standard InChI is InChI=1S/C54H92NO10P/c1-3-5-7-9-11-13-15-17-19-21-23-24-25-26-28-30-32-34-36-38-40-42-44-46-53(57)65-50(48-63-66(60,61)64-49-51(55)54(58)59)47-62-52(56)45-43-41-39-37-35-33-31-29-27-22-20-18-16-14-12-10-8-6-4-2/h6,8,12,14,18,20,27,29-30,32-33,35,38,40,50-51H,3-5,7,9-11,13,15-17,19,21-26,28,31,34,36-37,39,41-49,55H2,1-2H3,(H,58,59)(H,60,61)/b8-6+,14-12+,20-18+,29-27+,32-30+,35-33+,40-38+/t50-,51+/m1/s1. The van der Waals surface area contributed by atoms with E-state index in [0.29, 0.717) is 19.3 Å². The van der Waals surface area contributed by atoms with Crippen molar-refractivity contribution >= 4 is 25.7 Å². The van der Waals surface area contributed by atoms with E-state index >= 15 is 0 Å². The molecule has 0 rings (SSSR count). The molecule has 0 aromatic heterocycles. The highest BCUT2D eigenvalue weighted by molar-refractivity contribution is 7.47. The number of unbranched alkanes of at least 4 members (excludes halogenated alkanes) is 19. The maximum Gasteiger partial charge on any atom is 0.472 e. The van der Waals surface area contributed by atoms with Gasteiger partial charge >= 0.3 is 25.7 Å². The number of esters is 2. The number of carbonyl (C=O) groups is 3. The summed E-state index contributed by atoms with van der Waals surface area (Å²) >= 11 is 0. The summed E-state index contributed by atoms with van der Waals surface area (Å²) in [5.41, 5.74) is 5.35. The van der Waals surface area contributed by atoms with Crippen molar-refractivity contribution in [3.05, 3.63) is 85.1 Å². The third-order valence-electron chi connectivity index (χ3n) is 10.6.